The van der Waals surface area contributed by atoms with Gasteiger partial charge in [0.15, 0.2) is 0 Å². The van der Waals surface area contributed by atoms with Gasteiger partial charge in [-0.2, -0.15) is 0 Å². The van der Waals surface area contributed by atoms with Gasteiger partial charge in [0, 0.05) is 18.7 Å². The van der Waals surface area contributed by atoms with Gasteiger partial charge in [0.25, 0.3) is 11.7 Å². The first-order valence-electron chi connectivity index (χ1n) is 9.17. The van der Waals surface area contributed by atoms with E-state index in [-0.39, 0.29) is 17.4 Å². The summed E-state index contributed by atoms with van der Waals surface area (Å²) in [7, 11) is 0. The largest absolute Gasteiger partial charge is 0.507 e. The molecule has 4 rings (SSSR count). The molecule has 2 atom stereocenters. The molecule has 2 unspecified atom stereocenters. The summed E-state index contributed by atoms with van der Waals surface area (Å²) in [6, 6.07) is 17.6. The van der Waals surface area contributed by atoms with Gasteiger partial charge < -0.3 is 14.7 Å². The number of rotatable bonds is 4. The molecule has 0 saturated carbocycles. The summed E-state index contributed by atoms with van der Waals surface area (Å²) < 4.78 is 5.68. The molecule has 0 radical (unpaired) electrons. The van der Waals surface area contributed by atoms with Crippen molar-refractivity contribution in [1.82, 2.24) is 4.90 Å². The quantitative estimate of drug-likeness (QED) is 0.514. The molecule has 2 aromatic rings. The van der Waals surface area contributed by atoms with E-state index >= 15 is 0 Å². The molecule has 5 nitrogen and oxygen atoms in total. The average molecular weight is 363 g/mol. The molecule has 138 valence electrons. The Hall–Kier alpha value is -2.92. The number of hydrogen-bond donors (Lipinski definition) is 1. The number of benzene rings is 2. The topological polar surface area (TPSA) is 66.8 Å². The highest BCUT2D eigenvalue weighted by Crippen LogP contribution is 2.39. The van der Waals surface area contributed by atoms with Crippen LogP contribution >= 0.6 is 0 Å². The molecule has 2 aliphatic heterocycles. The van der Waals surface area contributed by atoms with E-state index in [2.05, 4.69) is 0 Å². The SMILES string of the molecule is O=C1C(=O)N(CC2CCCO2)C(c2ccccc2)C1=C(O)c1ccccc1. The van der Waals surface area contributed by atoms with Crippen LogP contribution in [0.2, 0.25) is 0 Å². The van der Waals surface area contributed by atoms with Gasteiger partial charge in [-0.3, -0.25) is 9.59 Å². The van der Waals surface area contributed by atoms with Gasteiger partial charge in [-0.05, 0) is 18.4 Å². The summed E-state index contributed by atoms with van der Waals surface area (Å²) >= 11 is 0. The molecule has 2 aliphatic rings. The van der Waals surface area contributed by atoms with Crippen LogP contribution in [-0.4, -0.2) is 41.0 Å². The van der Waals surface area contributed by atoms with Crippen molar-refractivity contribution in [2.45, 2.75) is 25.0 Å². The summed E-state index contributed by atoms with van der Waals surface area (Å²) in [4.78, 5) is 27.2. The van der Waals surface area contributed by atoms with Crippen LogP contribution in [0.3, 0.4) is 0 Å². The van der Waals surface area contributed by atoms with E-state index in [0.717, 1.165) is 18.4 Å². The molecule has 2 fully saturated rings. The maximum atomic E-state index is 12.8. The van der Waals surface area contributed by atoms with E-state index in [1.807, 2.05) is 36.4 Å². The Kier molecular flexibility index (Phi) is 4.77. The van der Waals surface area contributed by atoms with Crippen LogP contribution in [0, 0.1) is 0 Å². The summed E-state index contributed by atoms with van der Waals surface area (Å²) in [6.45, 7) is 1.02. The summed E-state index contributed by atoms with van der Waals surface area (Å²) in [5.41, 5.74) is 1.45. The molecule has 2 saturated heterocycles. The van der Waals surface area contributed by atoms with Crippen molar-refractivity contribution in [2.75, 3.05) is 13.2 Å². The maximum absolute atomic E-state index is 12.8. The second-order valence-electron chi connectivity index (χ2n) is 6.86. The second-order valence-corrected chi connectivity index (χ2v) is 6.86. The third-order valence-corrected chi connectivity index (χ3v) is 5.13. The zero-order valence-corrected chi connectivity index (χ0v) is 14.9. The van der Waals surface area contributed by atoms with Crippen molar-refractivity contribution < 1.29 is 19.4 Å². The maximum Gasteiger partial charge on any atom is 0.295 e. The molecule has 2 heterocycles. The molecule has 1 N–H and O–H groups in total. The van der Waals surface area contributed by atoms with Crippen LogP contribution < -0.4 is 0 Å². The molecule has 0 aromatic heterocycles. The number of amides is 1. The van der Waals surface area contributed by atoms with E-state index in [1.165, 1.54) is 0 Å². The van der Waals surface area contributed by atoms with Gasteiger partial charge in [-0.15, -0.1) is 0 Å². The number of carbonyl (C=O) groups is 2. The smallest absolute Gasteiger partial charge is 0.295 e. The van der Waals surface area contributed by atoms with E-state index in [1.54, 1.807) is 29.2 Å². The lowest BCUT2D eigenvalue weighted by Gasteiger charge is -2.27. The normalized spacial score (nSPS) is 24.5. The third kappa shape index (κ3) is 3.26. The lowest BCUT2D eigenvalue weighted by Crippen LogP contribution is -2.36. The lowest BCUT2D eigenvalue weighted by molar-refractivity contribution is -0.140. The van der Waals surface area contributed by atoms with Crippen LogP contribution in [0.15, 0.2) is 66.2 Å². The van der Waals surface area contributed by atoms with Gasteiger partial charge in [0.05, 0.1) is 17.7 Å². The summed E-state index contributed by atoms with van der Waals surface area (Å²) in [5.74, 6) is -1.38. The summed E-state index contributed by atoms with van der Waals surface area (Å²) in [5, 5.41) is 10.9. The number of ether oxygens (including phenoxy) is 1. The monoisotopic (exact) mass is 363 g/mol. The Morgan fingerprint density at radius 1 is 1.04 bits per heavy atom. The lowest BCUT2D eigenvalue weighted by atomic mass is 9.95. The van der Waals surface area contributed by atoms with Crippen LogP contribution in [-0.2, 0) is 14.3 Å². The predicted molar refractivity (Wildman–Crippen MR) is 101 cm³/mol. The Labute approximate surface area is 157 Å². The fraction of sp³-hybridized carbons (Fsp3) is 0.273. The van der Waals surface area contributed by atoms with E-state index in [0.29, 0.717) is 18.7 Å². The number of aliphatic hydroxyl groups is 1. The van der Waals surface area contributed by atoms with Gasteiger partial charge >= 0.3 is 0 Å². The van der Waals surface area contributed by atoms with Gasteiger partial charge in [-0.1, -0.05) is 60.7 Å². The molecule has 0 aliphatic carbocycles. The minimum absolute atomic E-state index is 0.0776. The van der Waals surface area contributed by atoms with Crippen LogP contribution in [0.5, 0.6) is 0 Å². The fourth-order valence-electron chi connectivity index (χ4n) is 3.81. The van der Waals surface area contributed by atoms with E-state index < -0.39 is 17.7 Å². The minimum atomic E-state index is -0.650. The Morgan fingerprint density at radius 2 is 1.70 bits per heavy atom. The van der Waals surface area contributed by atoms with Crippen molar-refractivity contribution in [2.24, 2.45) is 0 Å². The first kappa shape index (κ1) is 17.5. The zero-order chi connectivity index (χ0) is 18.8. The van der Waals surface area contributed by atoms with Gasteiger partial charge in [-0.25, -0.2) is 0 Å². The Balaban J connectivity index is 1.81. The van der Waals surface area contributed by atoms with Gasteiger partial charge in [0.2, 0.25) is 0 Å². The van der Waals surface area contributed by atoms with Crippen molar-refractivity contribution in [3.8, 4) is 0 Å². The highest BCUT2D eigenvalue weighted by molar-refractivity contribution is 6.46. The fourth-order valence-corrected chi connectivity index (χ4v) is 3.81. The van der Waals surface area contributed by atoms with Crippen LogP contribution in [0.25, 0.3) is 5.76 Å². The van der Waals surface area contributed by atoms with E-state index in [9.17, 15) is 14.7 Å². The second kappa shape index (κ2) is 7.37. The van der Waals surface area contributed by atoms with Crippen LogP contribution in [0.1, 0.15) is 30.0 Å². The number of nitrogens with zero attached hydrogens (tertiary/aromatic N) is 1. The number of Topliss-reactive ketones (excluding diaryl/α,β-unsaturated/α-hetero) is 1. The molecule has 5 heteroatoms. The number of carbonyl (C=O) groups excluding carboxylic acids is 2. The van der Waals surface area contributed by atoms with Crippen molar-refractivity contribution in [3.63, 3.8) is 0 Å². The number of likely N-dealkylation sites (tertiary alicyclic amines) is 1. The molecular weight excluding hydrogens is 342 g/mol. The molecule has 2 aromatic carbocycles. The molecule has 0 bridgehead atoms. The molecular formula is C22H21NO4. The Bertz CT molecular complexity index is 870. The first-order chi connectivity index (χ1) is 13.2. The molecule has 0 spiro atoms. The minimum Gasteiger partial charge on any atom is -0.507 e. The molecule has 27 heavy (non-hydrogen) atoms. The van der Waals surface area contributed by atoms with Crippen molar-refractivity contribution >= 4 is 17.4 Å². The first-order valence-corrected chi connectivity index (χ1v) is 9.17. The Morgan fingerprint density at radius 3 is 2.33 bits per heavy atom. The average Bonchev–Trinajstić information content (AvgIpc) is 3.31. The van der Waals surface area contributed by atoms with Crippen LogP contribution in [0.4, 0.5) is 0 Å². The number of hydrogen-bond acceptors (Lipinski definition) is 4. The highest BCUT2D eigenvalue weighted by atomic mass is 16.5. The highest BCUT2D eigenvalue weighted by Gasteiger charge is 2.46. The summed E-state index contributed by atoms with van der Waals surface area (Å²) in [6.07, 6.45) is 1.74. The predicted octanol–water partition coefficient (Wildman–Crippen LogP) is 3.29. The number of aliphatic hydroxyl groups excluding tert-OH is 1. The van der Waals surface area contributed by atoms with Crippen molar-refractivity contribution in [3.05, 3.63) is 77.4 Å². The third-order valence-electron chi connectivity index (χ3n) is 5.13. The zero-order valence-electron chi connectivity index (χ0n) is 14.9. The van der Waals surface area contributed by atoms with E-state index in [4.69, 9.17) is 4.74 Å². The number of ketones is 1. The standard InChI is InChI=1S/C22H21NO4/c24-20(16-10-5-2-6-11-16)18-19(15-8-3-1-4-9-15)23(22(26)21(18)25)14-17-12-7-13-27-17/h1-6,8-11,17,19,24H,7,12-14H2. The van der Waals surface area contributed by atoms with Crippen molar-refractivity contribution in [1.29, 1.82) is 0 Å². The molecule has 1 amide bonds. The van der Waals surface area contributed by atoms with Gasteiger partial charge in [0.1, 0.15) is 5.76 Å².